The van der Waals surface area contributed by atoms with Crippen molar-refractivity contribution in [3.05, 3.63) is 41.3 Å². The fraction of sp³-hybridized carbons (Fsp3) is 0.444. The van der Waals surface area contributed by atoms with Crippen molar-refractivity contribution in [2.75, 3.05) is 13.1 Å². The van der Waals surface area contributed by atoms with Crippen molar-refractivity contribution in [3.63, 3.8) is 0 Å². The van der Waals surface area contributed by atoms with Crippen molar-refractivity contribution in [1.82, 2.24) is 9.88 Å². The number of oxazole rings is 1. The first kappa shape index (κ1) is 17.5. The van der Waals surface area contributed by atoms with Crippen LogP contribution in [0.5, 0.6) is 0 Å². The Kier molecular flexibility index (Phi) is 4.82. The van der Waals surface area contributed by atoms with Crippen LogP contribution in [0, 0.1) is 24.2 Å². The van der Waals surface area contributed by atoms with Crippen LogP contribution in [0.1, 0.15) is 29.9 Å². The van der Waals surface area contributed by atoms with Crippen molar-refractivity contribution >= 4 is 0 Å². The first-order valence-corrected chi connectivity index (χ1v) is 8.12. The Morgan fingerprint density at radius 3 is 2.92 bits per heavy atom. The molecule has 7 heteroatoms. The molecule has 0 amide bonds. The number of benzene rings is 1. The maximum Gasteiger partial charge on any atom is 0.416 e. The molecule has 0 radical (unpaired) electrons. The molecule has 0 spiro atoms. The number of hydrogen-bond donors (Lipinski definition) is 0. The van der Waals surface area contributed by atoms with E-state index in [0.717, 1.165) is 31.5 Å². The SMILES string of the molecule is Cc1oc(-c2cccc(C(F)(F)F)c2)nc1CN1CCC[C@@H](C#N)C1. The summed E-state index contributed by atoms with van der Waals surface area (Å²) >= 11 is 0. The van der Waals surface area contributed by atoms with Crippen molar-refractivity contribution in [2.45, 2.75) is 32.5 Å². The van der Waals surface area contributed by atoms with Crippen LogP contribution < -0.4 is 0 Å². The highest BCUT2D eigenvalue weighted by atomic mass is 19.4. The van der Waals surface area contributed by atoms with Crippen LogP contribution in [0.4, 0.5) is 13.2 Å². The van der Waals surface area contributed by atoms with Gasteiger partial charge in [-0.1, -0.05) is 6.07 Å². The Morgan fingerprint density at radius 1 is 1.40 bits per heavy atom. The summed E-state index contributed by atoms with van der Waals surface area (Å²) in [4.78, 5) is 6.53. The van der Waals surface area contributed by atoms with E-state index < -0.39 is 11.7 Å². The third-order valence-electron chi connectivity index (χ3n) is 4.39. The minimum atomic E-state index is -4.40. The molecule has 0 aliphatic carbocycles. The molecule has 4 nitrogen and oxygen atoms in total. The van der Waals surface area contributed by atoms with Gasteiger partial charge >= 0.3 is 6.18 Å². The van der Waals surface area contributed by atoms with E-state index in [1.54, 1.807) is 13.0 Å². The molecule has 0 bridgehead atoms. The van der Waals surface area contributed by atoms with Gasteiger partial charge in [0.2, 0.25) is 5.89 Å². The second-order valence-electron chi connectivity index (χ2n) is 6.30. The summed E-state index contributed by atoms with van der Waals surface area (Å²) in [5, 5.41) is 9.07. The van der Waals surface area contributed by atoms with E-state index in [-0.39, 0.29) is 11.8 Å². The lowest BCUT2D eigenvalue weighted by Crippen LogP contribution is -2.34. The molecule has 1 saturated heterocycles. The maximum atomic E-state index is 12.9. The molecule has 2 aromatic rings. The summed E-state index contributed by atoms with van der Waals surface area (Å²) < 4.78 is 44.2. The Bertz CT molecular complexity index is 792. The van der Waals surface area contributed by atoms with Crippen LogP contribution in [0.3, 0.4) is 0 Å². The lowest BCUT2D eigenvalue weighted by Gasteiger charge is -2.28. The summed E-state index contributed by atoms with van der Waals surface area (Å²) in [6.07, 6.45) is -2.55. The Labute approximate surface area is 143 Å². The number of nitrogens with zero attached hydrogens (tertiary/aromatic N) is 3. The number of piperidine rings is 1. The smallest absolute Gasteiger partial charge is 0.416 e. The molecule has 1 aromatic carbocycles. The molecule has 1 atom stereocenters. The quantitative estimate of drug-likeness (QED) is 0.824. The van der Waals surface area contributed by atoms with Crippen LogP contribution in [0.25, 0.3) is 11.5 Å². The molecule has 2 heterocycles. The van der Waals surface area contributed by atoms with E-state index in [1.807, 2.05) is 0 Å². The molecule has 1 aliphatic rings. The number of nitriles is 1. The highest BCUT2D eigenvalue weighted by Crippen LogP contribution is 2.32. The molecule has 1 fully saturated rings. The molecule has 0 N–H and O–H groups in total. The zero-order valence-electron chi connectivity index (χ0n) is 13.8. The van der Waals surface area contributed by atoms with Crippen LogP contribution in [-0.4, -0.2) is 23.0 Å². The minimum absolute atomic E-state index is 0.0175. The molecule has 1 aromatic heterocycles. The highest BCUT2D eigenvalue weighted by molar-refractivity contribution is 5.55. The van der Waals surface area contributed by atoms with Gasteiger partial charge in [-0.2, -0.15) is 18.4 Å². The van der Waals surface area contributed by atoms with Crippen LogP contribution >= 0.6 is 0 Å². The number of halogens is 3. The molecular formula is C18H18F3N3O. The van der Waals surface area contributed by atoms with Crippen LogP contribution in [-0.2, 0) is 12.7 Å². The number of aryl methyl sites for hydroxylation is 1. The van der Waals surface area contributed by atoms with Gasteiger partial charge in [0.15, 0.2) is 0 Å². The maximum absolute atomic E-state index is 12.9. The lowest BCUT2D eigenvalue weighted by atomic mass is 9.99. The normalized spacial score (nSPS) is 18.9. The summed E-state index contributed by atoms with van der Waals surface area (Å²) in [5.74, 6) is 0.794. The van der Waals surface area contributed by atoms with E-state index in [4.69, 9.17) is 9.68 Å². The van der Waals surface area contributed by atoms with Gasteiger partial charge < -0.3 is 4.42 Å². The first-order chi connectivity index (χ1) is 11.9. The van der Waals surface area contributed by atoms with Gasteiger partial charge in [-0.15, -0.1) is 0 Å². The Hall–Kier alpha value is -2.33. The number of rotatable bonds is 3. The van der Waals surface area contributed by atoms with Gasteiger partial charge in [0.05, 0.1) is 23.2 Å². The van der Waals surface area contributed by atoms with E-state index >= 15 is 0 Å². The molecule has 0 unspecified atom stereocenters. The standard InChI is InChI=1S/C18H18F3N3O/c1-12-16(11-24-7-3-4-13(9-22)10-24)23-17(25-12)14-5-2-6-15(8-14)18(19,20)21/h2,5-6,8,13H,3-4,7,10-11H2,1H3/t13-/m0/s1. The molecule has 132 valence electrons. The average molecular weight is 349 g/mol. The monoisotopic (exact) mass is 349 g/mol. The average Bonchev–Trinajstić information content (AvgIpc) is 2.95. The number of aromatic nitrogens is 1. The van der Waals surface area contributed by atoms with E-state index in [9.17, 15) is 13.2 Å². The molecule has 0 saturated carbocycles. The summed E-state index contributed by atoms with van der Waals surface area (Å²) in [7, 11) is 0. The fourth-order valence-corrected chi connectivity index (χ4v) is 3.04. The van der Waals surface area contributed by atoms with Crippen LogP contribution in [0.2, 0.25) is 0 Å². The summed E-state index contributed by atoms with van der Waals surface area (Å²) in [5.41, 5.74) is 0.277. The molecule has 3 rings (SSSR count). The van der Waals surface area contributed by atoms with Crippen molar-refractivity contribution in [2.24, 2.45) is 5.92 Å². The lowest BCUT2D eigenvalue weighted by molar-refractivity contribution is -0.137. The van der Waals surface area contributed by atoms with Crippen molar-refractivity contribution in [1.29, 1.82) is 5.26 Å². The minimum Gasteiger partial charge on any atom is -0.441 e. The van der Waals surface area contributed by atoms with E-state index in [2.05, 4.69) is 16.0 Å². The van der Waals surface area contributed by atoms with Gasteiger partial charge in [-0.05, 0) is 44.5 Å². The first-order valence-electron chi connectivity index (χ1n) is 8.12. The summed E-state index contributed by atoms with van der Waals surface area (Å²) in [6, 6.07) is 7.26. The molecule has 25 heavy (non-hydrogen) atoms. The van der Waals surface area contributed by atoms with Crippen molar-refractivity contribution < 1.29 is 17.6 Å². The topological polar surface area (TPSA) is 53.1 Å². The second-order valence-corrected chi connectivity index (χ2v) is 6.30. The van der Waals surface area contributed by atoms with E-state index in [1.165, 1.54) is 6.07 Å². The van der Waals surface area contributed by atoms with Crippen LogP contribution in [0.15, 0.2) is 28.7 Å². The predicted molar refractivity (Wildman–Crippen MR) is 85.3 cm³/mol. The number of likely N-dealkylation sites (tertiary alicyclic amines) is 1. The largest absolute Gasteiger partial charge is 0.441 e. The third-order valence-corrected chi connectivity index (χ3v) is 4.39. The Morgan fingerprint density at radius 2 is 2.20 bits per heavy atom. The number of alkyl halides is 3. The molecule has 1 aliphatic heterocycles. The zero-order valence-corrected chi connectivity index (χ0v) is 13.8. The Balaban J connectivity index is 1.80. The highest BCUT2D eigenvalue weighted by Gasteiger charge is 2.31. The van der Waals surface area contributed by atoms with E-state index in [0.29, 0.717) is 30.1 Å². The van der Waals surface area contributed by atoms with Gasteiger partial charge in [0, 0.05) is 18.7 Å². The number of hydrogen-bond acceptors (Lipinski definition) is 4. The summed E-state index contributed by atoms with van der Waals surface area (Å²) in [6.45, 7) is 3.85. The van der Waals surface area contributed by atoms with Gasteiger partial charge in [0.25, 0.3) is 0 Å². The third kappa shape index (κ3) is 4.02. The second kappa shape index (κ2) is 6.89. The van der Waals surface area contributed by atoms with Gasteiger partial charge in [-0.25, -0.2) is 4.98 Å². The predicted octanol–water partition coefficient (Wildman–Crippen LogP) is 4.40. The van der Waals surface area contributed by atoms with Gasteiger partial charge in [-0.3, -0.25) is 4.90 Å². The van der Waals surface area contributed by atoms with Crippen molar-refractivity contribution in [3.8, 4) is 17.5 Å². The molecular weight excluding hydrogens is 331 g/mol. The fourth-order valence-electron chi connectivity index (χ4n) is 3.04. The van der Waals surface area contributed by atoms with Gasteiger partial charge in [0.1, 0.15) is 5.76 Å². The zero-order chi connectivity index (χ0) is 18.0.